The number of primary amides is 1. The average Bonchev–Trinajstić information content (AvgIpc) is 3.31. The first-order valence-electron chi connectivity index (χ1n) is 27.6. The van der Waals surface area contributed by atoms with Gasteiger partial charge in [-0.25, -0.2) is 0 Å². The lowest BCUT2D eigenvalue weighted by molar-refractivity contribution is -0.144. The Bertz CT molecular complexity index is 1190. The molecule has 0 aliphatic rings. The second-order valence-electron chi connectivity index (χ2n) is 19.0. The fourth-order valence-electron chi connectivity index (χ4n) is 8.30. The van der Waals surface area contributed by atoms with E-state index in [9.17, 15) is 29.4 Å². The van der Waals surface area contributed by atoms with Crippen LogP contribution in [-0.4, -0.2) is 114 Å². The monoisotopic (exact) mass is 932 g/mol. The van der Waals surface area contributed by atoms with Gasteiger partial charge in [0.2, 0.25) is 23.6 Å². The van der Waals surface area contributed by atoms with Crippen LogP contribution in [0.5, 0.6) is 0 Å². The van der Waals surface area contributed by atoms with Crippen molar-refractivity contribution in [1.29, 1.82) is 0 Å². The molecule has 0 aromatic carbocycles. The van der Waals surface area contributed by atoms with Gasteiger partial charge in [0.1, 0.15) is 0 Å². The summed E-state index contributed by atoms with van der Waals surface area (Å²) in [5, 5.41) is 22.1. The first kappa shape index (κ1) is 63.2. The summed E-state index contributed by atoms with van der Waals surface area (Å²) < 4.78 is 0. The molecule has 0 radical (unpaired) electrons. The third-order valence-electron chi connectivity index (χ3n) is 12.7. The van der Waals surface area contributed by atoms with Crippen LogP contribution >= 0.6 is 0 Å². The Hall–Kier alpha value is -2.76. The van der Waals surface area contributed by atoms with Crippen molar-refractivity contribution in [3.8, 4) is 0 Å². The Morgan fingerprint density at radius 2 is 0.682 bits per heavy atom. The van der Waals surface area contributed by atoms with E-state index in [-0.39, 0.29) is 57.1 Å². The fraction of sp³-hybridized carbons (Fsp3) is 0.855. The van der Waals surface area contributed by atoms with Crippen molar-refractivity contribution < 1.29 is 29.4 Å². The SMILES string of the molecule is CCCCCCCC/C=C\CCCCCCCCN(CC(N)=O)C(=O)CN(CCCCCCCC)C(=O)CN(CCCCCCCC/C=C\CCCCCCCC)C(=O)CNC(CO)CO. The highest BCUT2D eigenvalue weighted by Gasteiger charge is 2.25. The molecule has 0 aliphatic heterocycles. The number of rotatable bonds is 50. The molecule has 0 atom stereocenters. The summed E-state index contributed by atoms with van der Waals surface area (Å²) in [5.74, 6) is -1.47. The summed E-state index contributed by atoms with van der Waals surface area (Å²) in [6.07, 6.45) is 48.6. The van der Waals surface area contributed by atoms with Gasteiger partial charge in [0.25, 0.3) is 0 Å². The van der Waals surface area contributed by atoms with Crippen LogP contribution in [-0.2, 0) is 19.2 Å². The van der Waals surface area contributed by atoms with Crippen LogP contribution in [0.4, 0.5) is 0 Å². The van der Waals surface area contributed by atoms with Crippen molar-refractivity contribution in [3.63, 3.8) is 0 Å². The summed E-state index contributed by atoms with van der Waals surface area (Å²) in [6.45, 7) is 6.61. The number of hydrogen-bond donors (Lipinski definition) is 4. The molecule has 0 heterocycles. The van der Waals surface area contributed by atoms with Gasteiger partial charge in [-0.2, -0.15) is 0 Å². The van der Waals surface area contributed by atoms with E-state index >= 15 is 0 Å². The average molecular weight is 932 g/mol. The Kier molecular flexibility index (Phi) is 46.7. The molecule has 11 heteroatoms. The number of carbonyl (C=O) groups excluding carboxylic acids is 4. The molecule has 0 aromatic heterocycles. The zero-order valence-electron chi connectivity index (χ0n) is 43.2. The van der Waals surface area contributed by atoms with E-state index < -0.39 is 11.9 Å². The van der Waals surface area contributed by atoms with Crippen LogP contribution in [0.25, 0.3) is 0 Å². The predicted octanol–water partition coefficient (Wildman–Crippen LogP) is 11.3. The third kappa shape index (κ3) is 40.3. The molecule has 0 spiro atoms. The Balaban J connectivity index is 5.25. The van der Waals surface area contributed by atoms with Crippen molar-refractivity contribution >= 4 is 23.6 Å². The van der Waals surface area contributed by atoms with Gasteiger partial charge in [0.15, 0.2) is 0 Å². The summed E-state index contributed by atoms with van der Waals surface area (Å²) >= 11 is 0. The van der Waals surface area contributed by atoms with Crippen molar-refractivity contribution in [1.82, 2.24) is 20.0 Å². The number of carbonyl (C=O) groups is 4. The molecule has 0 fully saturated rings. The van der Waals surface area contributed by atoms with E-state index in [0.717, 1.165) is 103 Å². The number of nitrogens with one attached hydrogen (secondary N) is 1. The van der Waals surface area contributed by atoms with Crippen LogP contribution in [0.1, 0.15) is 239 Å². The van der Waals surface area contributed by atoms with Gasteiger partial charge in [-0.15, -0.1) is 0 Å². The molecule has 66 heavy (non-hydrogen) atoms. The second-order valence-corrected chi connectivity index (χ2v) is 19.0. The van der Waals surface area contributed by atoms with E-state index in [0.29, 0.717) is 19.6 Å². The maximum atomic E-state index is 14.1. The zero-order chi connectivity index (χ0) is 48.6. The minimum absolute atomic E-state index is 0.120. The normalized spacial score (nSPS) is 11.7. The number of aliphatic hydroxyl groups is 2. The minimum Gasteiger partial charge on any atom is -0.395 e. The molecule has 0 bridgehead atoms. The predicted molar refractivity (Wildman–Crippen MR) is 277 cm³/mol. The quantitative estimate of drug-likeness (QED) is 0.0349. The van der Waals surface area contributed by atoms with Gasteiger partial charge < -0.3 is 36.0 Å². The maximum absolute atomic E-state index is 14.1. The highest BCUT2D eigenvalue weighted by molar-refractivity contribution is 5.90. The fourth-order valence-corrected chi connectivity index (χ4v) is 8.30. The minimum atomic E-state index is -0.637. The van der Waals surface area contributed by atoms with Crippen LogP contribution < -0.4 is 11.1 Å². The van der Waals surface area contributed by atoms with Crippen molar-refractivity contribution in [2.24, 2.45) is 5.73 Å². The van der Waals surface area contributed by atoms with Crippen molar-refractivity contribution in [2.75, 3.05) is 59.0 Å². The van der Waals surface area contributed by atoms with E-state index in [4.69, 9.17) is 5.73 Å². The maximum Gasteiger partial charge on any atom is 0.242 e. The van der Waals surface area contributed by atoms with Gasteiger partial charge >= 0.3 is 0 Å². The molecule has 0 saturated heterocycles. The lowest BCUT2D eigenvalue weighted by Gasteiger charge is -2.30. The highest BCUT2D eigenvalue weighted by Crippen LogP contribution is 2.14. The molecule has 4 amide bonds. The number of amides is 4. The summed E-state index contributed by atoms with van der Waals surface area (Å²) in [4.78, 5) is 58.3. The van der Waals surface area contributed by atoms with Crippen molar-refractivity contribution in [2.45, 2.75) is 245 Å². The molecule has 0 unspecified atom stereocenters. The summed E-state index contributed by atoms with van der Waals surface area (Å²) in [6, 6.07) is -0.637. The Morgan fingerprint density at radius 1 is 0.409 bits per heavy atom. The van der Waals surface area contributed by atoms with Crippen molar-refractivity contribution in [3.05, 3.63) is 24.3 Å². The van der Waals surface area contributed by atoms with E-state index in [2.05, 4.69) is 50.4 Å². The lowest BCUT2D eigenvalue weighted by Crippen LogP contribution is -2.51. The Morgan fingerprint density at radius 3 is 0.985 bits per heavy atom. The molecule has 386 valence electrons. The van der Waals surface area contributed by atoms with E-state index in [1.807, 2.05) is 0 Å². The number of aliphatic hydroxyl groups excluding tert-OH is 2. The Labute approximate surface area is 405 Å². The van der Waals surface area contributed by atoms with Gasteiger partial charge in [0.05, 0.1) is 45.4 Å². The topological polar surface area (TPSA) is 157 Å². The number of hydrogen-bond acceptors (Lipinski definition) is 7. The first-order valence-corrected chi connectivity index (χ1v) is 27.6. The largest absolute Gasteiger partial charge is 0.395 e. The van der Waals surface area contributed by atoms with Crippen LogP contribution in [0.2, 0.25) is 0 Å². The third-order valence-corrected chi connectivity index (χ3v) is 12.7. The molecule has 11 nitrogen and oxygen atoms in total. The van der Waals surface area contributed by atoms with Gasteiger partial charge in [-0.3, -0.25) is 19.2 Å². The molecule has 0 aliphatic carbocycles. The van der Waals surface area contributed by atoms with Gasteiger partial charge in [-0.1, -0.05) is 193 Å². The van der Waals surface area contributed by atoms with Crippen LogP contribution in [0, 0.1) is 0 Å². The first-order chi connectivity index (χ1) is 32.2. The molecule has 0 saturated carbocycles. The molecule has 5 N–H and O–H groups in total. The van der Waals surface area contributed by atoms with Gasteiger partial charge in [-0.05, 0) is 70.6 Å². The molecular weight excluding hydrogens is 827 g/mol. The smallest absolute Gasteiger partial charge is 0.242 e. The second kappa shape index (κ2) is 48.7. The highest BCUT2D eigenvalue weighted by atomic mass is 16.3. The lowest BCUT2D eigenvalue weighted by atomic mass is 10.1. The van der Waals surface area contributed by atoms with Crippen LogP contribution in [0.3, 0.4) is 0 Å². The van der Waals surface area contributed by atoms with Gasteiger partial charge in [0, 0.05) is 19.6 Å². The van der Waals surface area contributed by atoms with E-state index in [1.54, 1.807) is 9.80 Å². The molecule has 0 rings (SSSR count). The molecular formula is C55H105N5O6. The van der Waals surface area contributed by atoms with Crippen LogP contribution in [0.15, 0.2) is 24.3 Å². The number of allylic oxidation sites excluding steroid dienone is 4. The number of nitrogens with two attached hydrogens (primary N) is 1. The van der Waals surface area contributed by atoms with E-state index in [1.165, 1.54) is 120 Å². The summed E-state index contributed by atoms with van der Waals surface area (Å²) in [5.41, 5.74) is 5.62. The summed E-state index contributed by atoms with van der Waals surface area (Å²) in [7, 11) is 0. The number of unbranched alkanes of at least 4 members (excludes halogenated alkanes) is 29. The number of nitrogens with zero attached hydrogens (tertiary/aromatic N) is 3. The zero-order valence-corrected chi connectivity index (χ0v) is 43.2. The molecule has 0 aromatic rings. The standard InChI is InChI=1S/C55H105N5O6/c1-4-7-10-13-16-18-20-22-24-26-28-30-32-34-37-39-42-58(46-52(56)63)54(65)48-60(44-41-36-15-12-9-6-3)55(66)47-59(53(64)45-57-51(49-61)50-62)43-40-38-35-33-31-29-27-25-23-21-19-17-14-11-8-5-2/h22-25,51,57,61-62H,4-21,26-50H2,1-3H3,(H2,56,63)/b24-22-,25-23-.